The van der Waals surface area contributed by atoms with Crippen LogP contribution < -0.4 is 4.74 Å². The Balaban J connectivity index is 1.99. The molecule has 1 aromatic carbocycles. The monoisotopic (exact) mass is 313 g/mol. The highest BCUT2D eigenvalue weighted by atomic mass is 19.2. The Bertz CT molecular complexity index is 579. The minimum absolute atomic E-state index is 0.0477. The number of hydrogen-bond acceptors (Lipinski definition) is 3. The van der Waals surface area contributed by atoms with Gasteiger partial charge in [0.1, 0.15) is 5.75 Å². The summed E-state index contributed by atoms with van der Waals surface area (Å²) in [5.41, 5.74) is 0. The molecule has 0 aliphatic carbocycles. The van der Waals surface area contributed by atoms with Crippen molar-refractivity contribution in [2.75, 3.05) is 13.1 Å². The van der Waals surface area contributed by atoms with E-state index in [-0.39, 0.29) is 18.2 Å². The van der Waals surface area contributed by atoms with Crippen LogP contribution in [0.2, 0.25) is 0 Å². The quantitative estimate of drug-likeness (QED) is 0.924. The number of amides is 1. The molecule has 0 aromatic heterocycles. The molecular formula is C15H17F2NO4. The van der Waals surface area contributed by atoms with Crippen LogP contribution in [-0.4, -0.2) is 41.1 Å². The minimum Gasteiger partial charge on any atom is -0.481 e. The second-order valence-electron chi connectivity index (χ2n) is 5.30. The highest BCUT2D eigenvalue weighted by Gasteiger charge is 2.31. The highest BCUT2D eigenvalue weighted by molar-refractivity contribution is 5.82. The first kappa shape index (κ1) is 16.2. The molecule has 22 heavy (non-hydrogen) atoms. The van der Waals surface area contributed by atoms with Gasteiger partial charge in [0.25, 0.3) is 5.91 Å². The number of carbonyl (C=O) groups is 2. The Morgan fingerprint density at radius 3 is 2.73 bits per heavy atom. The Morgan fingerprint density at radius 2 is 2.09 bits per heavy atom. The first-order chi connectivity index (χ1) is 10.4. The molecule has 5 nitrogen and oxygen atoms in total. The molecule has 0 saturated carbocycles. The van der Waals surface area contributed by atoms with Crippen LogP contribution in [0.25, 0.3) is 0 Å². The number of hydrogen-bond donors (Lipinski definition) is 1. The normalized spacial score (nSPS) is 19.6. The predicted octanol–water partition coefficient (Wildman–Crippen LogP) is 2.06. The van der Waals surface area contributed by atoms with Crippen molar-refractivity contribution in [3.05, 3.63) is 29.8 Å². The van der Waals surface area contributed by atoms with E-state index in [9.17, 15) is 18.4 Å². The van der Waals surface area contributed by atoms with Gasteiger partial charge < -0.3 is 14.7 Å². The van der Waals surface area contributed by atoms with Gasteiger partial charge in [0.05, 0.1) is 5.92 Å². The highest BCUT2D eigenvalue weighted by Crippen LogP contribution is 2.20. The van der Waals surface area contributed by atoms with E-state index in [1.807, 2.05) is 0 Å². The van der Waals surface area contributed by atoms with Crippen molar-refractivity contribution < 1.29 is 28.2 Å². The van der Waals surface area contributed by atoms with Gasteiger partial charge in [-0.2, -0.15) is 0 Å². The van der Waals surface area contributed by atoms with E-state index < -0.39 is 29.6 Å². The maximum absolute atomic E-state index is 13.1. The Labute approximate surface area is 126 Å². The number of likely N-dealkylation sites (tertiary alicyclic amines) is 1. The third-order valence-corrected chi connectivity index (χ3v) is 3.63. The Hall–Kier alpha value is -2.18. The molecule has 1 saturated heterocycles. The topological polar surface area (TPSA) is 66.8 Å². The second-order valence-corrected chi connectivity index (χ2v) is 5.30. The molecule has 1 amide bonds. The van der Waals surface area contributed by atoms with E-state index in [4.69, 9.17) is 9.84 Å². The van der Waals surface area contributed by atoms with E-state index >= 15 is 0 Å². The van der Waals surface area contributed by atoms with Crippen LogP contribution in [0.1, 0.15) is 19.8 Å². The Kier molecular flexibility index (Phi) is 4.95. The van der Waals surface area contributed by atoms with Gasteiger partial charge in [0.2, 0.25) is 0 Å². The average molecular weight is 313 g/mol. The first-order valence-corrected chi connectivity index (χ1v) is 7.01. The average Bonchev–Trinajstić information content (AvgIpc) is 2.50. The van der Waals surface area contributed by atoms with Crippen LogP contribution >= 0.6 is 0 Å². The molecule has 1 aliphatic heterocycles. The minimum atomic E-state index is -1.05. The van der Waals surface area contributed by atoms with Crippen LogP contribution in [0.4, 0.5) is 8.78 Å². The maximum Gasteiger partial charge on any atom is 0.308 e. The molecule has 1 heterocycles. The fourth-order valence-corrected chi connectivity index (χ4v) is 2.44. The lowest BCUT2D eigenvalue weighted by molar-refractivity contribution is -0.147. The molecule has 2 atom stereocenters. The summed E-state index contributed by atoms with van der Waals surface area (Å²) < 4.78 is 31.3. The summed E-state index contributed by atoms with van der Waals surface area (Å²) in [5.74, 6) is -3.87. The predicted molar refractivity (Wildman–Crippen MR) is 73.4 cm³/mol. The van der Waals surface area contributed by atoms with Gasteiger partial charge in [0, 0.05) is 19.2 Å². The van der Waals surface area contributed by atoms with E-state index in [0.717, 1.165) is 12.1 Å². The third-order valence-electron chi connectivity index (χ3n) is 3.63. The van der Waals surface area contributed by atoms with Crippen molar-refractivity contribution in [2.45, 2.75) is 25.9 Å². The number of ether oxygens (including phenoxy) is 1. The molecule has 2 unspecified atom stereocenters. The molecule has 0 spiro atoms. The van der Waals surface area contributed by atoms with Crippen LogP contribution in [0.15, 0.2) is 18.2 Å². The van der Waals surface area contributed by atoms with E-state index in [0.29, 0.717) is 19.4 Å². The van der Waals surface area contributed by atoms with E-state index in [1.54, 1.807) is 0 Å². The van der Waals surface area contributed by atoms with Crippen molar-refractivity contribution in [3.8, 4) is 5.75 Å². The summed E-state index contributed by atoms with van der Waals surface area (Å²) >= 11 is 0. The summed E-state index contributed by atoms with van der Waals surface area (Å²) in [7, 11) is 0. The van der Waals surface area contributed by atoms with Gasteiger partial charge in [-0.3, -0.25) is 9.59 Å². The molecule has 0 bridgehead atoms. The lowest BCUT2D eigenvalue weighted by atomic mass is 9.98. The van der Waals surface area contributed by atoms with Gasteiger partial charge in [-0.05, 0) is 31.9 Å². The van der Waals surface area contributed by atoms with Crippen LogP contribution in [0, 0.1) is 17.6 Å². The van der Waals surface area contributed by atoms with Gasteiger partial charge in [-0.25, -0.2) is 8.78 Å². The van der Waals surface area contributed by atoms with E-state index in [2.05, 4.69) is 0 Å². The summed E-state index contributed by atoms with van der Waals surface area (Å²) in [6, 6.07) is 3.02. The van der Waals surface area contributed by atoms with Crippen molar-refractivity contribution in [1.82, 2.24) is 4.90 Å². The summed E-state index contributed by atoms with van der Waals surface area (Å²) in [6.07, 6.45) is 0.246. The summed E-state index contributed by atoms with van der Waals surface area (Å²) in [6.45, 7) is 2.10. The van der Waals surface area contributed by atoms with Crippen molar-refractivity contribution >= 4 is 11.9 Å². The Morgan fingerprint density at radius 1 is 1.36 bits per heavy atom. The van der Waals surface area contributed by atoms with Crippen molar-refractivity contribution in [3.63, 3.8) is 0 Å². The third kappa shape index (κ3) is 3.72. The molecule has 1 fully saturated rings. The number of rotatable bonds is 4. The molecule has 0 radical (unpaired) electrons. The van der Waals surface area contributed by atoms with E-state index in [1.165, 1.54) is 17.9 Å². The van der Waals surface area contributed by atoms with Crippen molar-refractivity contribution in [1.29, 1.82) is 0 Å². The number of piperidine rings is 1. The number of halogens is 2. The standard InChI is InChI=1S/C15H17F2NO4/c1-9(22-11-4-5-12(16)13(17)7-11)14(19)18-6-2-3-10(8-18)15(20)21/h4-5,7,9-10H,2-3,6,8H2,1H3,(H,20,21). The molecule has 120 valence electrons. The van der Waals surface area contributed by atoms with Crippen LogP contribution in [-0.2, 0) is 9.59 Å². The number of carboxylic acids is 1. The van der Waals surface area contributed by atoms with Crippen LogP contribution in [0.3, 0.4) is 0 Å². The summed E-state index contributed by atoms with van der Waals surface area (Å²) in [5, 5.41) is 9.02. The largest absolute Gasteiger partial charge is 0.481 e. The molecular weight excluding hydrogens is 296 g/mol. The summed E-state index contributed by atoms with van der Waals surface area (Å²) in [4.78, 5) is 24.7. The van der Waals surface area contributed by atoms with Gasteiger partial charge in [0.15, 0.2) is 17.7 Å². The van der Waals surface area contributed by atoms with Gasteiger partial charge in [-0.15, -0.1) is 0 Å². The fraction of sp³-hybridized carbons (Fsp3) is 0.467. The SMILES string of the molecule is CC(Oc1ccc(F)c(F)c1)C(=O)N1CCCC(C(=O)O)C1. The lowest BCUT2D eigenvalue weighted by Gasteiger charge is -2.32. The number of carboxylic acid groups (broad SMARTS) is 1. The smallest absolute Gasteiger partial charge is 0.308 e. The van der Waals surface area contributed by atoms with Crippen LogP contribution in [0.5, 0.6) is 5.75 Å². The maximum atomic E-state index is 13.1. The number of carbonyl (C=O) groups excluding carboxylic acids is 1. The zero-order valence-corrected chi connectivity index (χ0v) is 12.1. The second kappa shape index (κ2) is 6.72. The fourth-order valence-electron chi connectivity index (χ4n) is 2.44. The zero-order valence-electron chi connectivity index (χ0n) is 12.1. The lowest BCUT2D eigenvalue weighted by Crippen LogP contribution is -2.47. The van der Waals surface area contributed by atoms with Gasteiger partial charge >= 0.3 is 5.97 Å². The number of aliphatic carboxylic acids is 1. The number of benzene rings is 1. The molecule has 1 aromatic rings. The molecule has 2 rings (SSSR count). The molecule has 1 aliphatic rings. The number of nitrogens with zero attached hydrogens (tertiary/aromatic N) is 1. The van der Waals surface area contributed by atoms with Crippen molar-refractivity contribution in [2.24, 2.45) is 5.92 Å². The zero-order chi connectivity index (χ0) is 16.3. The molecule has 1 N–H and O–H groups in total. The molecule has 7 heteroatoms. The first-order valence-electron chi connectivity index (χ1n) is 7.01. The van der Waals surface area contributed by atoms with Gasteiger partial charge in [-0.1, -0.05) is 0 Å².